The van der Waals surface area contributed by atoms with Gasteiger partial charge in [0.05, 0.1) is 10.9 Å². The van der Waals surface area contributed by atoms with E-state index in [2.05, 4.69) is 15.4 Å². The highest BCUT2D eigenvalue weighted by Crippen LogP contribution is 2.36. The van der Waals surface area contributed by atoms with Gasteiger partial charge >= 0.3 is 6.18 Å². The van der Waals surface area contributed by atoms with Crippen molar-refractivity contribution in [2.75, 3.05) is 31.1 Å². The van der Waals surface area contributed by atoms with Crippen LogP contribution >= 0.6 is 0 Å². The van der Waals surface area contributed by atoms with Crippen molar-refractivity contribution in [3.63, 3.8) is 0 Å². The smallest absolute Gasteiger partial charge is 0.354 e. The average Bonchev–Trinajstić information content (AvgIpc) is 2.88. The van der Waals surface area contributed by atoms with Crippen LogP contribution in [0.25, 0.3) is 11.0 Å². The van der Waals surface area contributed by atoms with Crippen LogP contribution in [0.3, 0.4) is 0 Å². The van der Waals surface area contributed by atoms with Crippen molar-refractivity contribution < 1.29 is 13.2 Å². The molecule has 1 saturated heterocycles. The van der Waals surface area contributed by atoms with E-state index in [1.54, 1.807) is 0 Å². The first kappa shape index (κ1) is 15.1. The Balaban J connectivity index is 2.10. The zero-order valence-electron chi connectivity index (χ0n) is 12.3. The topological polar surface area (TPSA) is 46.0 Å². The molecule has 0 unspecified atom stereocenters. The SMILES string of the molecule is CCCn1cc2c(C(F)(F)F)cc(N3CCNCC3)nc2n1. The second-order valence-corrected chi connectivity index (χ2v) is 5.39. The molecule has 1 aliphatic heterocycles. The Morgan fingerprint density at radius 1 is 1.27 bits per heavy atom. The highest BCUT2D eigenvalue weighted by Gasteiger charge is 2.35. The van der Waals surface area contributed by atoms with Crippen LogP contribution in [0.1, 0.15) is 18.9 Å². The van der Waals surface area contributed by atoms with Gasteiger partial charge in [0, 0.05) is 38.9 Å². The summed E-state index contributed by atoms with van der Waals surface area (Å²) < 4.78 is 41.6. The maximum Gasteiger partial charge on any atom is 0.417 e. The van der Waals surface area contributed by atoms with Gasteiger partial charge in [-0.2, -0.15) is 18.3 Å². The number of nitrogens with zero attached hydrogens (tertiary/aromatic N) is 4. The summed E-state index contributed by atoms with van der Waals surface area (Å²) >= 11 is 0. The molecule has 5 nitrogen and oxygen atoms in total. The Kier molecular flexibility index (Phi) is 3.94. The fraction of sp³-hybridized carbons (Fsp3) is 0.571. The van der Waals surface area contributed by atoms with E-state index in [4.69, 9.17) is 0 Å². The molecular weight excluding hydrogens is 295 g/mol. The second-order valence-electron chi connectivity index (χ2n) is 5.39. The minimum absolute atomic E-state index is 0.0693. The molecular formula is C14H18F3N5. The number of halogens is 3. The number of pyridine rings is 1. The van der Waals surface area contributed by atoms with E-state index in [9.17, 15) is 13.2 Å². The second kappa shape index (κ2) is 5.75. The summed E-state index contributed by atoms with van der Waals surface area (Å²) in [6, 6.07) is 1.14. The number of aryl methyl sites for hydroxylation is 1. The van der Waals surface area contributed by atoms with Gasteiger partial charge in [-0.1, -0.05) is 6.92 Å². The molecule has 0 saturated carbocycles. The standard InChI is InChI=1S/C14H18F3N5/c1-2-5-22-9-10-11(14(15,16)17)8-12(19-13(10)20-22)21-6-3-18-4-7-21/h8-9,18H,2-7H2,1H3. The maximum absolute atomic E-state index is 13.4. The first-order valence-corrected chi connectivity index (χ1v) is 7.40. The van der Waals surface area contributed by atoms with Gasteiger partial charge in [0.15, 0.2) is 5.65 Å². The van der Waals surface area contributed by atoms with Crippen LogP contribution in [0.15, 0.2) is 12.3 Å². The van der Waals surface area contributed by atoms with E-state index in [1.165, 1.54) is 10.9 Å². The van der Waals surface area contributed by atoms with Gasteiger partial charge in [0.25, 0.3) is 0 Å². The van der Waals surface area contributed by atoms with E-state index in [1.807, 2.05) is 11.8 Å². The lowest BCUT2D eigenvalue weighted by Gasteiger charge is -2.28. The summed E-state index contributed by atoms with van der Waals surface area (Å²) in [4.78, 5) is 6.21. The molecule has 0 bridgehead atoms. The van der Waals surface area contributed by atoms with Crippen LogP contribution in [0.4, 0.5) is 19.0 Å². The number of nitrogens with one attached hydrogen (secondary N) is 1. The number of fused-ring (bicyclic) bond motifs is 1. The Morgan fingerprint density at radius 2 is 2.00 bits per heavy atom. The van der Waals surface area contributed by atoms with Crippen LogP contribution in [-0.4, -0.2) is 40.9 Å². The molecule has 1 fully saturated rings. The van der Waals surface area contributed by atoms with Crippen molar-refractivity contribution >= 4 is 16.9 Å². The van der Waals surface area contributed by atoms with Gasteiger partial charge < -0.3 is 10.2 Å². The predicted octanol–water partition coefficient (Wildman–Crippen LogP) is 2.27. The molecule has 3 rings (SSSR count). The Labute approximate surface area is 126 Å². The van der Waals surface area contributed by atoms with Crippen LogP contribution in [0.5, 0.6) is 0 Å². The zero-order chi connectivity index (χ0) is 15.7. The molecule has 0 radical (unpaired) electrons. The number of hydrogen-bond acceptors (Lipinski definition) is 4. The molecule has 0 aromatic carbocycles. The molecule has 3 heterocycles. The quantitative estimate of drug-likeness (QED) is 0.944. The van der Waals surface area contributed by atoms with Crippen LogP contribution in [0, 0.1) is 0 Å². The van der Waals surface area contributed by atoms with Gasteiger partial charge in [0.2, 0.25) is 0 Å². The summed E-state index contributed by atoms with van der Waals surface area (Å²) in [5, 5.41) is 7.44. The fourth-order valence-electron chi connectivity index (χ4n) is 2.67. The third kappa shape index (κ3) is 2.87. The lowest BCUT2D eigenvalue weighted by atomic mass is 10.1. The Morgan fingerprint density at radius 3 is 2.64 bits per heavy atom. The maximum atomic E-state index is 13.4. The minimum atomic E-state index is -4.41. The van der Waals surface area contributed by atoms with Gasteiger partial charge in [-0.05, 0) is 12.5 Å². The fourth-order valence-corrected chi connectivity index (χ4v) is 2.67. The van der Waals surface area contributed by atoms with E-state index in [0.717, 1.165) is 25.6 Å². The summed E-state index contributed by atoms with van der Waals surface area (Å²) in [6.45, 7) is 5.31. The van der Waals surface area contributed by atoms with E-state index in [-0.39, 0.29) is 11.0 Å². The molecule has 8 heteroatoms. The van der Waals surface area contributed by atoms with Gasteiger partial charge in [-0.3, -0.25) is 4.68 Å². The molecule has 0 aliphatic carbocycles. The van der Waals surface area contributed by atoms with Crippen molar-refractivity contribution in [3.05, 3.63) is 17.8 Å². The third-order valence-corrected chi connectivity index (χ3v) is 3.73. The van der Waals surface area contributed by atoms with Gasteiger partial charge in [0.1, 0.15) is 5.82 Å². The number of rotatable bonds is 3. The Bertz CT molecular complexity index is 658. The number of hydrogen-bond donors (Lipinski definition) is 1. The van der Waals surface area contributed by atoms with Crippen LogP contribution < -0.4 is 10.2 Å². The summed E-state index contributed by atoms with van der Waals surface area (Å²) in [5.41, 5.74) is -0.495. The summed E-state index contributed by atoms with van der Waals surface area (Å²) in [7, 11) is 0. The van der Waals surface area contributed by atoms with Gasteiger partial charge in [-0.25, -0.2) is 4.98 Å². The number of piperazine rings is 1. The number of alkyl halides is 3. The highest BCUT2D eigenvalue weighted by atomic mass is 19.4. The third-order valence-electron chi connectivity index (χ3n) is 3.73. The normalized spacial score (nSPS) is 16.5. The molecule has 120 valence electrons. The first-order chi connectivity index (χ1) is 10.5. The molecule has 0 spiro atoms. The molecule has 1 N–H and O–H groups in total. The summed E-state index contributed by atoms with van der Waals surface area (Å²) in [5.74, 6) is 0.350. The van der Waals surface area contributed by atoms with Crippen molar-refractivity contribution in [3.8, 4) is 0 Å². The van der Waals surface area contributed by atoms with Gasteiger partial charge in [-0.15, -0.1) is 0 Å². The Hall–Kier alpha value is -1.83. The van der Waals surface area contributed by atoms with E-state index < -0.39 is 11.7 Å². The van der Waals surface area contributed by atoms with Crippen molar-refractivity contribution in [1.82, 2.24) is 20.1 Å². The largest absolute Gasteiger partial charge is 0.417 e. The van der Waals surface area contributed by atoms with Crippen molar-refractivity contribution in [2.24, 2.45) is 0 Å². The monoisotopic (exact) mass is 313 g/mol. The van der Waals surface area contributed by atoms with E-state index in [0.29, 0.717) is 25.5 Å². The van der Waals surface area contributed by atoms with E-state index >= 15 is 0 Å². The molecule has 2 aromatic heterocycles. The van der Waals surface area contributed by atoms with Crippen LogP contribution in [-0.2, 0) is 12.7 Å². The first-order valence-electron chi connectivity index (χ1n) is 7.40. The van der Waals surface area contributed by atoms with Crippen molar-refractivity contribution in [1.29, 1.82) is 0 Å². The average molecular weight is 313 g/mol. The number of aromatic nitrogens is 3. The molecule has 22 heavy (non-hydrogen) atoms. The highest BCUT2D eigenvalue weighted by molar-refractivity contribution is 5.81. The minimum Gasteiger partial charge on any atom is -0.354 e. The zero-order valence-corrected chi connectivity index (χ0v) is 12.3. The number of anilines is 1. The van der Waals surface area contributed by atoms with Crippen LogP contribution in [0.2, 0.25) is 0 Å². The lowest BCUT2D eigenvalue weighted by Crippen LogP contribution is -2.44. The molecule has 2 aromatic rings. The lowest BCUT2D eigenvalue weighted by molar-refractivity contribution is -0.136. The molecule has 0 amide bonds. The summed E-state index contributed by atoms with van der Waals surface area (Å²) in [6.07, 6.45) is -2.17. The molecule has 0 atom stereocenters. The molecule has 1 aliphatic rings. The van der Waals surface area contributed by atoms with Crippen molar-refractivity contribution in [2.45, 2.75) is 26.1 Å². The predicted molar refractivity (Wildman–Crippen MR) is 77.9 cm³/mol.